The lowest BCUT2D eigenvalue weighted by atomic mass is 10.00. The zero-order chi connectivity index (χ0) is 8.72. The lowest BCUT2D eigenvalue weighted by Crippen LogP contribution is -2.13. The minimum absolute atomic E-state index is 0.0752. The summed E-state index contributed by atoms with van der Waals surface area (Å²) in [6.07, 6.45) is 0. The molecule has 1 aliphatic rings. The number of aryl methyl sites for hydroxylation is 2. The van der Waals surface area contributed by atoms with Gasteiger partial charge in [-0.3, -0.25) is 4.79 Å². The number of carbonyl (C=O) groups excluding carboxylic acids is 1. The molecule has 1 aromatic rings. The molecule has 1 aliphatic heterocycles. The van der Waals surface area contributed by atoms with Crippen LogP contribution in [-0.2, 0) is 6.54 Å². The van der Waals surface area contributed by atoms with Crippen molar-refractivity contribution in [3.05, 3.63) is 34.4 Å². The first-order valence-electron chi connectivity index (χ1n) is 4.07. The highest BCUT2D eigenvalue weighted by molar-refractivity contribution is 6.00. The van der Waals surface area contributed by atoms with Crippen LogP contribution in [0.1, 0.15) is 27.0 Å². The predicted octanol–water partition coefficient (Wildman–Crippen LogP) is 1.55. The van der Waals surface area contributed by atoms with Gasteiger partial charge in [-0.05, 0) is 30.5 Å². The Morgan fingerprint density at radius 1 is 1.25 bits per heavy atom. The minimum Gasteiger partial charge on any atom is -0.348 e. The molecule has 1 aromatic carbocycles. The predicted molar refractivity (Wildman–Crippen MR) is 47.1 cm³/mol. The molecule has 0 atom stereocenters. The fraction of sp³-hybridized carbons (Fsp3) is 0.300. The second-order valence-corrected chi connectivity index (χ2v) is 3.24. The zero-order valence-corrected chi connectivity index (χ0v) is 7.27. The molecular formula is C10H11NO. The van der Waals surface area contributed by atoms with Crippen molar-refractivity contribution in [1.82, 2.24) is 5.32 Å². The van der Waals surface area contributed by atoms with E-state index in [1.807, 2.05) is 19.9 Å². The highest BCUT2D eigenvalue weighted by Crippen LogP contribution is 2.22. The van der Waals surface area contributed by atoms with Gasteiger partial charge in [0.05, 0.1) is 0 Å². The fourth-order valence-electron chi connectivity index (χ4n) is 1.67. The Morgan fingerprint density at radius 2 is 1.92 bits per heavy atom. The zero-order valence-electron chi connectivity index (χ0n) is 7.27. The van der Waals surface area contributed by atoms with Gasteiger partial charge in [-0.2, -0.15) is 0 Å². The van der Waals surface area contributed by atoms with Gasteiger partial charge in [0.2, 0.25) is 0 Å². The van der Waals surface area contributed by atoms with Crippen LogP contribution in [0.2, 0.25) is 0 Å². The van der Waals surface area contributed by atoms with Gasteiger partial charge in [-0.1, -0.05) is 12.1 Å². The van der Waals surface area contributed by atoms with Gasteiger partial charge in [0.1, 0.15) is 0 Å². The summed E-state index contributed by atoms with van der Waals surface area (Å²) in [5, 5.41) is 2.83. The molecule has 1 amide bonds. The number of amides is 1. The third-order valence-corrected chi connectivity index (χ3v) is 2.41. The van der Waals surface area contributed by atoms with Crippen LogP contribution < -0.4 is 5.32 Å². The number of fused-ring (bicyclic) bond motifs is 1. The van der Waals surface area contributed by atoms with Crippen LogP contribution >= 0.6 is 0 Å². The highest BCUT2D eigenvalue weighted by Gasteiger charge is 2.21. The van der Waals surface area contributed by atoms with Gasteiger partial charge >= 0.3 is 0 Å². The van der Waals surface area contributed by atoms with Crippen molar-refractivity contribution in [1.29, 1.82) is 0 Å². The standard InChI is InChI=1S/C10H11NO/c1-6-3-4-7(2)9-8(6)5-11-10(9)12/h3-4H,5H2,1-2H3,(H,11,12). The summed E-state index contributed by atoms with van der Waals surface area (Å²) in [5.41, 5.74) is 4.33. The second-order valence-electron chi connectivity index (χ2n) is 3.24. The largest absolute Gasteiger partial charge is 0.348 e. The normalized spacial score (nSPS) is 14.3. The monoisotopic (exact) mass is 161 g/mol. The van der Waals surface area contributed by atoms with Crippen molar-refractivity contribution >= 4 is 5.91 Å². The molecule has 0 unspecified atom stereocenters. The van der Waals surface area contributed by atoms with Gasteiger partial charge in [-0.15, -0.1) is 0 Å². The smallest absolute Gasteiger partial charge is 0.252 e. The van der Waals surface area contributed by atoms with E-state index in [0.29, 0.717) is 6.54 Å². The van der Waals surface area contributed by atoms with Crippen LogP contribution in [0.4, 0.5) is 0 Å². The van der Waals surface area contributed by atoms with E-state index in [-0.39, 0.29) is 5.91 Å². The average molecular weight is 161 g/mol. The van der Waals surface area contributed by atoms with E-state index < -0.39 is 0 Å². The van der Waals surface area contributed by atoms with Crippen molar-refractivity contribution in [2.75, 3.05) is 0 Å². The van der Waals surface area contributed by atoms with Crippen LogP contribution in [0.15, 0.2) is 12.1 Å². The minimum atomic E-state index is 0.0752. The van der Waals surface area contributed by atoms with Crippen molar-refractivity contribution in [2.24, 2.45) is 0 Å². The van der Waals surface area contributed by atoms with Crippen LogP contribution in [-0.4, -0.2) is 5.91 Å². The Bertz CT molecular complexity index is 355. The summed E-state index contributed by atoms with van der Waals surface area (Å²) >= 11 is 0. The maximum Gasteiger partial charge on any atom is 0.252 e. The fourth-order valence-corrected chi connectivity index (χ4v) is 1.67. The first-order chi connectivity index (χ1) is 5.70. The molecule has 0 radical (unpaired) electrons. The quantitative estimate of drug-likeness (QED) is 0.614. The van der Waals surface area contributed by atoms with Crippen molar-refractivity contribution in [2.45, 2.75) is 20.4 Å². The summed E-state index contributed by atoms with van der Waals surface area (Å²) in [6.45, 7) is 4.71. The third-order valence-electron chi connectivity index (χ3n) is 2.41. The van der Waals surface area contributed by atoms with E-state index in [4.69, 9.17) is 0 Å². The Hall–Kier alpha value is -1.31. The summed E-state index contributed by atoms with van der Waals surface area (Å²) in [5.74, 6) is 0.0752. The molecule has 0 saturated carbocycles. The van der Waals surface area contributed by atoms with E-state index in [2.05, 4.69) is 11.4 Å². The van der Waals surface area contributed by atoms with E-state index >= 15 is 0 Å². The molecule has 0 fully saturated rings. The molecule has 2 heteroatoms. The first kappa shape index (κ1) is 7.35. The van der Waals surface area contributed by atoms with E-state index in [0.717, 1.165) is 11.1 Å². The molecule has 12 heavy (non-hydrogen) atoms. The summed E-state index contributed by atoms with van der Waals surface area (Å²) < 4.78 is 0. The topological polar surface area (TPSA) is 29.1 Å². The van der Waals surface area contributed by atoms with Crippen molar-refractivity contribution in [3.63, 3.8) is 0 Å². The summed E-state index contributed by atoms with van der Waals surface area (Å²) in [7, 11) is 0. The molecule has 2 nitrogen and oxygen atoms in total. The first-order valence-corrected chi connectivity index (χ1v) is 4.07. The lowest BCUT2D eigenvalue weighted by molar-refractivity contribution is 0.0965. The Morgan fingerprint density at radius 3 is 2.58 bits per heavy atom. The molecule has 62 valence electrons. The van der Waals surface area contributed by atoms with Crippen molar-refractivity contribution < 1.29 is 4.79 Å². The molecule has 1 heterocycles. The van der Waals surface area contributed by atoms with Gasteiger partial charge < -0.3 is 5.32 Å². The van der Waals surface area contributed by atoms with Gasteiger partial charge in [0, 0.05) is 12.1 Å². The van der Waals surface area contributed by atoms with E-state index in [1.54, 1.807) is 0 Å². The number of nitrogens with one attached hydrogen (secondary N) is 1. The molecule has 0 aliphatic carbocycles. The lowest BCUT2D eigenvalue weighted by Gasteiger charge is -2.03. The van der Waals surface area contributed by atoms with E-state index in [1.165, 1.54) is 11.1 Å². The highest BCUT2D eigenvalue weighted by atomic mass is 16.1. The molecule has 2 rings (SSSR count). The molecule has 0 spiro atoms. The van der Waals surface area contributed by atoms with Crippen LogP contribution in [0.5, 0.6) is 0 Å². The number of hydrogen-bond donors (Lipinski definition) is 1. The second kappa shape index (κ2) is 2.34. The maximum atomic E-state index is 11.3. The van der Waals surface area contributed by atoms with Crippen molar-refractivity contribution in [3.8, 4) is 0 Å². The maximum absolute atomic E-state index is 11.3. The Balaban J connectivity index is 2.72. The number of carbonyl (C=O) groups is 1. The van der Waals surface area contributed by atoms with Crippen LogP contribution in [0, 0.1) is 13.8 Å². The van der Waals surface area contributed by atoms with Crippen LogP contribution in [0.3, 0.4) is 0 Å². The third kappa shape index (κ3) is 0.843. The molecular weight excluding hydrogens is 150 g/mol. The number of hydrogen-bond acceptors (Lipinski definition) is 1. The summed E-state index contributed by atoms with van der Waals surface area (Å²) in [4.78, 5) is 11.3. The number of rotatable bonds is 0. The number of benzene rings is 1. The van der Waals surface area contributed by atoms with E-state index in [9.17, 15) is 4.79 Å². The molecule has 0 aromatic heterocycles. The Labute approximate surface area is 71.6 Å². The van der Waals surface area contributed by atoms with Gasteiger partial charge in [0.15, 0.2) is 0 Å². The SMILES string of the molecule is Cc1ccc(C)c2c1CNC2=O. The molecule has 0 bridgehead atoms. The van der Waals surface area contributed by atoms with Crippen LogP contribution in [0.25, 0.3) is 0 Å². The molecule has 0 saturated heterocycles. The Kier molecular flexibility index (Phi) is 1.43. The van der Waals surface area contributed by atoms with Gasteiger partial charge in [-0.25, -0.2) is 0 Å². The van der Waals surface area contributed by atoms with Gasteiger partial charge in [0.25, 0.3) is 5.91 Å². The molecule has 1 N–H and O–H groups in total. The summed E-state index contributed by atoms with van der Waals surface area (Å²) in [6, 6.07) is 4.06. The average Bonchev–Trinajstić information content (AvgIpc) is 2.42.